The molecule has 1 fully saturated rings. The van der Waals surface area contributed by atoms with Crippen molar-refractivity contribution in [2.24, 2.45) is 0 Å². The minimum atomic E-state index is -3.37. The SMILES string of the molecule is CCN(C1CC1)S(=O)(=O)c1ccc(CC#N)cc1. The van der Waals surface area contributed by atoms with Gasteiger partial charge in [-0.25, -0.2) is 8.42 Å². The molecule has 0 aliphatic heterocycles. The Bertz CT molecular complexity index is 554. The van der Waals surface area contributed by atoms with Gasteiger partial charge in [-0.15, -0.1) is 0 Å². The Labute approximate surface area is 108 Å². The van der Waals surface area contributed by atoms with Crippen LogP contribution in [-0.4, -0.2) is 25.3 Å². The van der Waals surface area contributed by atoms with Crippen molar-refractivity contribution in [2.45, 2.75) is 37.1 Å². The third-order valence-corrected chi connectivity index (χ3v) is 5.12. The smallest absolute Gasteiger partial charge is 0.207 e. The molecule has 0 unspecified atom stereocenters. The third kappa shape index (κ3) is 2.55. The van der Waals surface area contributed by atoms with Crippen LogP contribution in [0, 0.1) is 11.3 Å². The quantitative estimate of drug-likeness (QED) is 0.816. The van der Waals surface area contributed by atoms with E-state index in [0.717, 1.165) is 18.4 Å². The van der Waals surface area contributed by atoms with Crippen molar-refractivity contribution in [3.8, 4) is 6.07 Å². The van der Waals surface area contributed by atoms with Gasteiger partial charge in [0.05, 0.1) is 17.4 Å². The molecule has 0 saturated heterocycles. The topological polar surface area (TPSA) is 61.2 Å². The van der Waals surface area contributed by atoms with Crippen molar-refractivity contribution in [1.82, 2.24) is 4.31 Å². The fourth-order valence-electron chi connectivity index (χ4n) is 1.99. The molecule has 2 rings (SSSR count). The van der Waals surface area contributed by atoms with Crippen molar-refractivity contribution in [2.75, 3.05) is 6.54 Å². The number of rotatable bonds is 5. The predicted octanol–water partition coefficient (Wildman–Crippen LogP) is 1.93. The summed E-state index contributed by atoms with van der Waals surface area (Å²) in [6.07, 6.45) is 2.22. The average molecular weight is 264 g/mol. The van der Waals surface area contributed by atoms with E-state index < -0.39 is 10.0 Å². The Morgan fingerprint density at radius 1 is 1.33 bits per heavy atom. The molecule has 0 radical (unpaired) electrons. The van der Waals surface area contributed by atoms with Crippen LogP contribution in [0.1, 0.15) is 25.3 Å². The van der Waals surface area contributed by atoms with E-state index in [0.29, 0.717) is 17.9 Å². The summed E-state index contributed by atoms with van der Waals surface area (Å²) in [5.41, 5.74) is 0.839. The van der Waals surface area contributed by atoms with Crippen LogP contribution in [0.2, 0.25) is 0 Å². The highest BCUT2D eigenvalue weighted by Gasteiger charge is 2.36. The van der Waals surface area contributed by atoms with Gasteiger partial charge >= 0.3 is 0 Å². The van der Waals surface area contributed by atoms with Crippen molar-refractivity contribution < 1.29 is 8.42 Å². The number of hydrogen-bond acceptors (Lipinski definition) is 3. The van der Waals surface area contributed by atoms with E-state index >= 15 is 0 Å². The van der Waals surface area contributed by atoms with Gasteiger partial charge in [0.2, 0.25) is 10.0 Å². The Hall–Kier alpha value is -1.38. The summed E-state index contributed by atoms with van der Waals surface area (Å²) < 4.78 is 26.3. The lowest BCUT2D eigenvalue weighted by atomic mass is 10.2. The third-order valence-electron chi connectivity index (χ3n) is 3.08. The van der Waals surface area contributed by atoms with Crippen molar-refractivity contribution in [3.63, 3.8) is 0 Å². The number of nitriles is 1. The Balaban J connectivity index is 2.26. The maximum Gasteiger partial charge on any atom is 0.243 e. The lowest BCUT2D eigenvalue weighted by Gasteiger charge is -2.19. The maximum absolute atomic E-state index is 12.4. The standard InChI is InChI=1S/C13H16N2O2S/c1-2-15(12-5-6-12)18(16,17)13-7-3-11(4-8-13)9-10-14/h3-4,7-8,12H,2,5-6,9H2,1H3. The molecule has 0 aromatic heterocycles. The summed E-state index contributed by atoms with van der Waals surface area (Å²) in [4.78, 5) is 0.318. The van der Waals surface area contributed by atoms with Crippen molar-refractivity contribution >= 4 is 10.0 Å². The highest BCUT2D eigenvalue weighted by Crippen LogP contribution is 2.31. The Morgan fingerprint density at radius 2 is 1.94 bits per heavy atom. The van der Waals surface area contributed by atoms with Crippen LogP contribution in [0.25, 0.3) is 0 Å². The summed E-state index contributed by atoms with van der Waals surface area (Å²) in [6, 6.07) is 8.81. The molecule has 0 amide bonds. The molecule has 1 aromatic carbocycles. The van der Waals surface area contributed by atoms with E-state index in [1.165, 1.54) is 0 Å². The number of sulfonamides is 1. The van der Waals surface area contributed by atoms with Crippen LogP contribution >= 0.6 is 0 Å². The van der Waals surface area contributed by atoms with Crippen LogP contribution in [0.5, 0.6) is 0 Å². The van der Waals surface area contributed by atoms with Gasteiger partial charge in [-0.1, -0.05) is 19.1 Å². The molecule has 0 atom stereocenters. The van der Waals surface area contributed by atoms with Crippen LogP contribution in [0.15, 0.2) is 29.2 Å². The van der Waals surface area contributed by atoms with Gasteiger partial charge in [-0.2, -0.15) is 9.57 Å². The fraction of sp³-hybridized carbons (Fsp3) is 0.462. The van der Waals surface area contributed by atoms with E-state index in [9.17, 15) is 8.42 Å². The first-order valence-corrected chi connectivity index (χ1v) is 7.51. The van der Waals surface area contributed by atoms with Gasteiger partial charge in [0.15, 0.2) is 0 Å². The fourth-order valence-corrected chi connectivity index (χ4v) is 3.69. The minimum absolute atomic E-state index is 0.179. The summed E-state index contributed by atoms with van der Waals surface area (Å²) in [5.74, 6) is 0. The molecular weight excluding hydrogens is 248 g/mol. The van der Waals surface area contributed by atoms with E-state index in [4.69, 9.17) is 5.26 Å². The molecule has 0 bridgehead atoms. The molecule has 0 N–H and O–H groups in total. The summed E-state index contributed by atoms with van der Waals surface area (Å²) >= 11 is 0. The number of nitrogens with zero attached hydrogens (tertiary/aromatic N) is 2. The van der Waals surface area contributed by atoms with E-state index in [1.54, 1.807) is 28.6 Å². The van der Waals surface area contributed by atoms with Gasteiger partial charge in [-0.05, 0) is 30.5 Å². The molecule has 18 heavy (non-hydrogen) atoms. The number of benzene rings is 1. The van der Waals surface area contributed by atoms with E-state index in [-0.39, 0.29) is 6.04 Å². The van der Waals surface area contributed by atoms with E-state index in [2.05, 4.69) is 0 Å². The minimum Gasteiger partial charge on any atom is -0.207 e. The first-order valence-electron chi connectivity index (χ1n) is 6.07. The molecule has 1 saturated carbocycles. The zero-order valence-electron chi connectivity index (χ0n) is 10.3. The van der Waals surface area contributed by atoms with Gasteiger partial charge in [0.25, 0.3) is 0 Å². The lowest BCUT2D eigenvalue weighted by molar-refractivity contribution is 0.421. The zero-order valence-corrected chi connectivity index (χ0v) is 11.2. The molecule has 1 aliphatic rings. The lowest BCUT2D eigenvalue weighted by Crippen LogP contribution is -2.32. The molecule has 1 aromatic rings. The van der Waals surface area contributed by atoms with Crippen LogP contribution in [0.4, 0.5) is 0 Å². The van der Waals surface area contributed by atoms with Gasteiger partial charge in [0, 0.05) is 12.6 Å². The molecule has 0 heterocycles. The van der Waals surface area contributed by atoms with Gasteiger partial charge < -0.3 is 0 Å². The first-order chi connectivity index (χ1) is 8.59. The first kappa shape index (κ1) is 13.1. The van der Waals surface area contributed by atoms with E-state index in [1.807, 2.05) is 13.0 Å². The molecule has 0 spiro atoms. The van der Waals surface area contributed by atoms with Crippen molar-refractivity contribution in [3.05, 3.63) is 29.8 Å². The summed E-state index contributed by atoms with van der Waals surface area (Å²) in [7, 11) is -3.37. The zero-order chi connectivity index (χ0) is 13.2. The molecular formula is C13H16N2O2S. The second-order valence-corrected chi connectivity index (χ2v) is 6.31. The second kappa shape index (κ2) is 5.09. The Kier molecular flexibility index (Phi) is 3.69. The highest BCUT2D eigenvalue weighted by atomic mass is 32.2. The van der Waals surface area contributed by atoms with Crippen molar-refractivity contribution in [1.29, 1.82) is 5.26 Å². The second-order valence-electron chi connectivity index (χ2n) is 4.42. The largest absolute Gasteiger partial charge is 0.243 e. The predicted molar refractivity (Wildman–Crippen MR) is 68.3 cm³/mol. The van der Waals surface area contributed by atoms with Gasteiger partial charge in [0.1, 0.15) is 0 Å². The summed E-state index contributed by atoms with van der Waals surface area (Å²) in [6.45, 7) is 2.37. The van der Waals surface area contributed by atoms with Crippen LogP contribution in [0.3, 0.4) is 0 Å². The van der Waals surface area contributed by atoms with Crippen LogP contribution < -0.4 is 0 Å². The highest BCUT2D eigenvalue weighted by molar-refractivity contribution is 7.89. The molecule has 4 nitrogen and oxygen atoms in total. The van der Waals surface area contributed by atoms with Crippen LogP contribution in [-0.2, 0) is 16.4 Å². The number of hydrogen-bond donors (Lipinski definition) is 0. The molecule has 1 aliphatic carbocycles. The molecule has 96 valence electrons. The normalized spacial score (nSPS) is 15.6. The Morgan fingerprint density at radius 3 is 2.39 bits per heavy atom. The molecule has 5 heteroatoms. The average Bonchev–Trinajstić information content (AvgIpc) is 3.15. The maximum atomic E-state index is 12.4. The summed E-state index contributed by atoms with van der Waals surface area (Å²) in [5, 5.41) is 8.58. The van der Waals surface area contributed by atoms with Gasteiger partial charge in [-0.3, -0.25) is 0 Å². The monoisotopic (exact) mass is 264 g/mol.